The van der Waals surface area contributed by atoms with Crippen LogP contribution in [0.1, 0.15) is 383 Å². The summed E-state index contributed by atoms with van der Waals surface area (Å²) in [4.78, 5) is 72.8. The predicted octanol–water partition coefficient (Wildman–Crippen LogP) is 22.0. The predicted molar refractivity (Wildman–Crippen MR) is 386 cm³/mol. The molecule has 0 radical (unpaired) electrons. The first-order valence-corrected chi connectivity index (χ1v) is 42.2. The van der Waals surface area contributed by atoms with Crippen LogP contribution in [-0.4, -0.2) is 96.7 Å². The van der Waals surface area contributed by atoms with Gasteiger partial charge in [-0.05, 0) is 49.4 Å². The van der Waals surface area contributed by atoms with E-state index >= 15 is 0 Å². The van der Waals surface area contributed by atoms with E-state index in [0.717, 1.165) is 114 Å². The molecule has 0 aliphatic carbocycles. The Hall–Kier alpha value is -1.94. The Morgan fingerprint density at radius 3 is 0.747 bits per heavy atom. The summed E-state index contributed by atoms with van der Waals surface area (Å²) in [6.07, 6.45) is 49.9. The molecule has 0 aliphatic heterocycles. The molecule has 3 N–H and O–H groups in total. The lowest BCUT2D eigenvalue weighted by atomic mass is 9.99. The molecule has 6 atom stereocenters. The smallest absolute Gasteiger partial charge is 0.462 e. The van der Waals surface area contributed by atoms with Crippen LogP contribution in [0.2, 0.25) is 0 Å². The lowest BCUT2D eigenvalue weighted by molar-refractivity contribution is -0.161. The van der Waals surface area contributed by atoms with Gasteiger partial charge in [-0.15, -0.1) is 0 Å². The summed E-state index contributed by atoms with van der Waals surface area (Å²) >= 11 is 0. The van der Waals surface area contributed by atoms with Gasteiger partial charge in [0.25, 0.3) is 0 Å². The van der Waals surface area contributed by atoms with E-state index < -0.39 is 97.5 Å². The fraction of sp³-hybridized carbons (Fsp3) is 0.947. The van der Waals surface area contributed by atoms with Gasteiger partial charge in [-0.25, -0.2) is 9.13 Å². The van der Waals surface area contributed by atoms with Crippen molar-refractivity contribution in [2.75, 3.05) is 39.6 Å². The van der Waals surface area contributed by atoms with Crippen molar-refractivity contribution in [1.29, 1.82) is 0 Å². The first-order valence-electron chi connectivity index (χ1n) is 39.2. The van der Waals surface area contributed by atoms with Crippen LogP contribution in [-0.2, 0) is 65.4 Å². The molecule has 4 unspecified atom stereocenters. The first-order chi connectivity index (χ1) is 45.6. The molecule has 0 aromatic carbocycles. The van der Waals surface area contributed by atoms with Gasteiger partial charge in [-0.1, -0.05) is 331 Å². The van der Waals surface area contributed by atoms with Crippen molar-refractivity contribution in [2.24, 2.45) is 23.7 Å². The maximum absolute atomic E-state index is 13.1. The molecule has 19 heteroatoms. The minimum atomic E-state index is -4.96. The second-order valence-electron chi connectivity index (χ2n) is 29.1. The molecule has 0 amide bonds. The topological polar surface area (TPSA) is 237 Å². The largest absolute Gasteiger partial charge is 0.472 e. The molecule has 0 fully saturated rings. The summed E-state index contributed by atoms with van der Waals surface area (Å²) in [6.45, 7) is 14.2. The molecule has 0 spiro atoms. The number of hydrogen-bond acceptors (Lipinski definition) is 15. The van der Waals surface area contributed by atoms with Gasteiger partial charge in [0.05, 0.1) is 26.4 Å². The standard InChI is InChI=1S/C76H148O17P2/c1-9-69(8)55-47-39-31-22-17-19-25-35-43-51-59-76(81)92-71(62-86-73(78)56-48-40-32-23-15-13-11-10-12-14-20-28-36-44-52-66(2)3)64-90-94(82,83)88-60-70(77)61-89-95(84,85)91-65-72(63-87-74(79)57-49-41-33-27-26-30-38-46-54-68(6)7)93-75(80)58-50-42-34-24-18-16-21-29-37-45-53-67(4)5/h66-72,77H,9-65H2,1-8H3,(H,82,83)(H,84,85)/t69?,70?,71-,72-/m1/s1. The van der Waals surface area contributed by atoms with E-state index in [2.05, 4.69) is 55.4 Å². The third kappa shape index (κ3) is 69.0. The van der Waals surface area contributed by atoms with Crippen LogP contribution < -0.4 is 0 Å². The normalized spacial score (nSPS) is 14.4. The van der Waals surface area contributed by atoms with Crippen molar-refractivity contribution < 1.29 is 80.2 Å². The molecule has 0 aliphatic rings. The van der Waals surface area contributed by atoms with Crippen molar-refractivity contribution >= 4 is 39.5 Å². The summed E-state index contributed by atoms with van der Waals surface area (Å²) in [5.41, 5.74) is 0. The molecular formula is C76H148O17P2. The van der Waals surface area contributed by atoms with Gasteiger partial charge in [0.1, 0.15) is 19.3 Å². The molecule has 564 valence electrons. The van der Waals surface area contributed by atoms with Crippen LogP contribution in [0.5, 0.6) is 0 Å². The van der Waals surface area contributed by atoms with Crippen LogP contribution in [0.25, 0.3) is 0 Å². The molecule has 0 aromatic heterocycles. The van der Waals surface area contributed by atoms with Crippen molar-refractivity contribution in [2.45, 2.75) is 401 Å². The average molecular weight is 1400 g/mol. The molecule has 0 heterocycles. The Bertz CT molecular complexity index is 1870. The zero-order chi connectivity index (χ0) is 70.3. The zero-order valence-corrected chi connectivity index (χ0v) is 64.1. The Morgan fingerprint density at radius 2 is 0.505 bits per heavy atom. The highest BCUT2D eigenvalue weighted by molar-refractivity contribution is 7.47. The minimum Gasteiger partial charge on any atom is -0.462 e. The maximum atomic E-state index is 13.1. The van der Waals surface area contributed by atoms with Gasteiger partial charge < -0.3 is 33.8 Å². The number of phosphoric acid groups is 2. The molecule has 0 aromatic rings. The summed E-state index contributed by atoms with van der Waals surface area (Å²) in [7, 11) is -9.91. The number of carbonyl (C=O) groups is 4. The molecule has 0 rings (SSSR count). The van der Waals surface area contributed by atoms with Crippen LogP contribution in [0.4, 0.5) is 0 Å². The van der Waals surface area contributed by atoms with E-state index in [1.54, 1.807) is 0 Å². The second-order valence-corrected chi connectivity index (χ2v) is 32.0. The van der Waals surface area contributed by atoms with E-state index in [1.165, 1.54) is 186 Å². The van der Waals surface area contributed by atoms with E-state index in [0.29, 0.717) is 25.7 Å². The number of carbonyl (C=O) groups excluding carboxylic acids is 4. The first kappa shape index (κ1) is 93.1. The maximum Gasteiger partial charge on any atom is 0.472 e. The van der Waals surface area contributed by atoms with E-state index in [4.69, 9.17) is 37.0 Å². The van der Waals surface area contributed by atoms with E-state index in [9.17, 15) is 43.2 Å². The number of phosphoric ester groups is 2. The summed E-state index contributed by atoms with van der Waals surface area (Å²) in [5.74, 6) is 0.960. The molecular weight excluding hydrogens is 1250 g/mol. The second kappa shape index (κ2) is 65.4. The van der Waals surface area contributed by atoms with Crippen molar-refractivity contribution in [1.82, 2.24) is 0 Å². The molecule has 95 heavy (non-hydrogen) atoms. The van der Waals surface area contributed by atoms with Crippen molar-refractivity contribution in [3.8, 4) is 0 Å². The average Bonchev–Trinajstić information content (AvgIpc) is 1.59. The molecule has 17 nitrogen and oxygen atoms in total. The SMILES string of the molecule is CCC(C)CCCCCCCCCCCCC(=O)O[C@H](COC(=O)CCCCCCCCCCCCCCCCC(C)C)COP(=O)(O)OCC(O)COP(=O)(O)OC[C@@H](COC(=O)CCCCCCCCCCC(C)C)OC(=O)CCCCCCCCCCCCC(C)C. The van der Waals surface area contributed by atoms with E-state index in [1.807, 2.05) is 0 Å². The van der Waals surface area contributed by atoms with Gasteiger partial charge >= 0.3 is 39.5 Å². The Morgan fingerprint density at radius 1 is 0.295 bits per heavy atom. The highest BCUT2D eigenvalue weighted by atomic mass is 31.2. The lowest BCUT2D eigenvalue weighted by Gasteiger charge is -2.21. The van der Waals surface area contributed by atoms with E-state index in [-0.39, 0.29) is 25.7 Å². The highest BCUT2D eigenvalue weighted by Crippen LogP contribution is 2.45. The summed E-state index contributed by atoms with van der Waals surface area (Å²) in [6, 6.07) is 0. The number of unbranched alkanes of at least 4 members (excludes halogenated alkanes) is 38. The fourth-order valence-corrected chi connectivity index (χ4v) is 13.1. The van der Waals surface area contributed by atoms with Crippen LogP contribution >= 0.6 is 15.6 Å². The molecule has 0 bridgehead atoms. The molecule has 0 saturated heterocycles. The van der Waals surface area contributed by atoms with Gasteiger partial charge in [-0.2, -0.15) is 0 Å². The minimum absolute atomic E-state index is 0.105. The number of ether oxygens (including phenoxy) is 4. The number of esters is 4. The van der Waals surface area contributed by atoms with Gasteiger partial charge in [-0.3, -0.25) is 37.3 Å². The van der Waals surface area contributed by atoms with Crippen LogP contribution in [0.3, 0.4) is 0 Å². The number of aliphatic hydroxyl groups excluding tert-OH is 1. The van der Waals surface area contributed by atoms with Crippen molar-refractivity contribution in [3.05, 3.63) is 0 Å². The van der Waals surface area contributed by atoms with Crippen LogP contribution in [0.15, 0.2) is 0 Å². The Balaban J connectivity index is 5.26. The van der Waals surface area contributed by atoms with Gasteiger partial charge in [0, 0.05) is 25.7 Å². The van der Waals surface area contributed by atoms with Gasteiger partial charge in [0.2, 0.25) is 0 Å². The van der Waals surface area contributed by atoms with Crippen LogP contribution in [0, 0.1) is 23.7 Å². The Labute approximate surface area is 581 Å². The lowest BCUT2D eigenvalue weighted by Crippen LogP contribution is -2.30. The number of hydrogen-bond donors (Lipinski definition) is 3. The highest BCUT2D eigenvalue weighted by Gasteiger charge is 2.30. The third-order valence-electron chi connectivity index (χ3n) is 17.9. The summed E-state index contributed by atoms with van der Waals surface area (Å²) < 4.78 is 68.5. The zero-order valence-electron chi connectivity index (χ0n) is 62.3. The number of rotatable bonds is 73. The third-order valence-corrected chi connectivity index (χ3v) is 19.8. The Kier molecular flexibility index (Phi) is 64.0. The quantitative estimate of drug-likeness (QED) is 0.0222. The van der Waals surface area contributed by atoms with Crippen molar-refractivity contribution in [3.63, 3.8) is 0 Å². The van der Waals surface area contributed by atoms with Gasteiger partial charge in [0.15, 0.2) is 12.2 Å². The summed E-state index contributed by atoms with van der Waals surface area (Å²) in [5, 5.41) is 10.6. The fourth-order valence-electron chi connectivity index (χ4n) is 11.5. The molecule has 0 saturated carbocycles. The monoisotopic (exact) mass is 1400 g/mol. The number of aliphatic hydroxyl groups is 1.